The van der Waals surface area contributed by atoms with Crippen LogP contribution >= 0.6 is 0 Å². The van der Waals surface area contributed by atoms with Gasteiger partial charge in [-0.2, -0.15) is 0 Å². The molecule has 2 aliphatic heterocycles. The Morgan fingerprint density at radius 1 is 1.19 bits per heavy atom. The minimum Gasteiger partial charge on any atom is -0.338 e. The van der Waals surface area contributed by atoms with Crippen LogP contribution in [-0.2, 0) is 0 Å². The fourth-order valence-electron chi connectivity index (χ4n) is 3.94. The van der Waals surface area contributed by atoms with Crippen LogP contribution in [0.1, 0.15) is 33.9 Å². The summed E-state index contributed by atoms with van der Waals surface area (Å²) in [5, 5.41) is 0. The Bertz CT molecular complexity index is 876. The SMILES string of the molecule is C#Cc1cccc(C(=O)N2CCC3NNC(c4cccc(F)c4)C3C2)c1. The van der Waals surface area contributed by atoms with Gasteiger partial charge in [-0.1, -0.05) is 24.1 Å². The lowest BCUT2D eigenvalue weighted by molar-refractivity contribution is 0.0652. The Hall–Kier alpha value is -2.68. The van der Waals surface area contributed by atoms with Crippen molar-refractivity contribution in [1.29, 1.82) is 0 Å². The number of nitrogens with zero attached hydrogens (tertiary/aromatic N) is 1. The molecule has 2 heterocycles. The number of fused-ring (bicyclic) bond motifs is 1. The Labute approximate surface area is 152 Å². The minimum atomic E-state index is -0.248. The quantitative estimate of drug-likeness (QED) is 0.819. The van der Waals surface area contributed by atoms with E-state index in [9.17, 15) is 9.18 Å². The normalized spacial score (nSPS) is 24.8. The first-order chi connectivity index (χ1) is 12.7. The van der Waals surface area contributed by atoms with Gasteiger partial charge in [0.2, 0.25) is 0 Å². The van der Waals surface area contributed by atoms with Crippen LogP contribution < -0.4 is 10.9 Å². The van der Waals surface area contributed by atoms with Crippen LogP contribution in [0.4, 0.5) is 4.39 Å². The van der Waals surface area contributed by atoms with Crippen molar-refractivity contribution in [3.63, 3.8) is 0 Å². The zero-order valence-electron chi connectivity index (χ0n) is 14.3. The number of piperidine rings is 1. The summed E-state index contributed by atoms with van der Waals surface area (Å²) in [6.45, 7) is 1.30. The lowest BCUT2D eigenvalue weighted by atomic mass is 9.85. The third kappa shape index (κ3) is 3.10. The second-order valence-corrected chi connectivity index (χ2v) is 6.86. The number of carbonyl (C=O) groups excluding carboxylic acids is 1. The van der Waals surface area contributed by atoms with Crippen LogP contribution in [0.15, 0.2) is 48.5 Å². The van der Waals surface area contributed by atoms with E-state index < -0.39 is 0 Å². The van der Waals surface area contributed by atoms with Crippen LogP contribution in [-0.4, -0.2) is 29.9 Å². The number of hydrogen-bond acceptors (Lipinski definition) is 3. The molecule has 1 amide bonds. The van der Waals surface area contributed by atoms with Gasteiger partial charge in [-0.05, 0) is 42.3 Å². The van der Waals surface area contributed by atoms with Gasteiger partial charge in [0.15, 0.2) is 0 Å². The fourth-order valence-corrected chi connectivity index (χ4v) is 3.94. The van der Waals surface area contributed by atoms with Gasteiger partial charge in [-0.25, -0.2) is 9.82 Å². The number of likely N-dealkylation sites (tertiary alicyclic amines) is 1. The maximum absolute atomic E-state index is 13.6. The van der Waals surface area contributed by atoms with Gasteiger partial charge >= 0.3 is 0 Å². The molecular weight excluding hydrogens is 329 g/mol. The Balaban J connectivity index is 1.54. The van der Waals surface area contributed by atoms with Gasteiger partial charge in [-0.3, -0.25) is 10.2 Å². The van der Waals surface area contributed by atoms with E-state index in [1.54, 1.807) is 24.3 Å². The van der Waals surface area contributed by atoms with Gasteiger partial charge in [-0.15, -0.1) is 6.42 Å². The van der Waals surface area contributed by atoms with Crippen LogP contribution in [0.3, 0.4) is 0 Å². The highest BCUT2D eigenvalue weighted by atomic mass is 19.1. The molecule has 2 saturated heterocycles. The molecule has 3 unspecified atom stereocenters. The molecule has 26 heavy (non-hydrogen) atoms. The topological polar surface area (TPSA) is 44.4 Å². The molecular formula is C21H20FN3O. The van der Waals surface area contributed by atoms with Crippen LogP contribution in [0.2, 0.25) is 0 Å². The number of carbonyl (C=O) groups is 1. The summed E-state index contributed by atoms with van der Waals surface area (Å²) in [4.78, 5) is 14.8. The number of benzene rings is 2. The zero-order chi connectivity index (χ0) is 18.1. The van der Waals surface area contributed by atoms with Crippen molar-refractivity contribution in [3.05, 3.63) is 71.0 Å². The maximum atomic E-state index is 13.6. The molecule has 0 bridgehead atoms. The van der Waals surface area contributed by atoms with Gasteiger partial charge < -0.3 is 4.90 Å². The predicted octanol–water partition coefficient (Wildman–Crippen LogP) is 2.49. The summed E-state index contributed by atoms with van der Waals surface area (Å²) in [7, 11) is 0. The molecule has 0 aromatic heterocycles. The Morgan fingerprint density at radius 3 is 2.85 bits per heavy atom. The first-order valence-electron chi connectivity index (χ1n) is 8.78. The number of hydrazine groups is 1. The highest BCUT2D eigenvalue weighted by Gasteiger charge is 2.41. The lowest BCUT2D eigenvalue weighted by Crippen LogP contribution is -2.47. The molecule has 3 atom stereocenters. The van der Waals surface area contributed by atoms with Crippen LogP contribution in [0.5, 0.6) is 0 Å². The van der Waals surface area contributed by atoms with Crippen LogP contribution in [0, 0.1) is 24.1 Å². The van der Waals surface area contributed by atoms with Crippen molar-refractivity contribution >= 4 is 5.91 Å². The second kappa shape index (κ2) is 6.91. The van der Waals surface area contributed by atoms with Crippen molar-refractivity contribution in [1.82, 2.24) is 15.8 Å². The molecule has 0 aliphatic carbocycles. The minimum absolute atomic E-state index is 0.00885. The number of rotatable bonds is 2. The molecule has 0 spiro atoms. The van der Waals surface area contributed by atoms with E-state index in [1.165, 1.54) is 6.07 Å². The molecule has 2 fully saturated rings. The molecule has 2 N–H and O–H groups in total. The zero-order valence-corrected chi connectivity index (χ0v) is 14.3. The standard InChI is InChI=1S/C21H20FN3O/c1-2-14-5-3-7-16(11-14)21(26)25-10-9-19-18(13-25)20(24-23-19)15-6-4-8-17(22)12-15/h1,3-8,11-12,18-20,23-24H,9-10,13H2. The predicted molar refractivity (Wildman–Crippen MR) is 97.6 cm³/mol. The highest BCUT2D eigenvalue weighted by molar-refractivity contribution is 5.94. The van der Waals surface area contributed by atoms with Crippen molar-refractivity contribution in [2.45, 2.75) is 18.5 Å². The van der Waals surface area contributed by atoms with Crippen molar-refractivity contribution in [3.8, 4) is 12.3 Å². The number of halogens is 1. The maximum Gasteiger partial charge on any atom is 0.253 e. The molecule has 0 saturated carbocycles. The molecule has 4 nitrogen and oxygen atoms in total. The van der Waals surface area contributed by atoms with E-state index in [-0.39, 0.29) is 29.7 Å². The van der Waals surface area contributed by atoms with E-state index in [0.29, 0.717) is 24.2 Å². The second-order valence-electron chi connectivity index (χ2n) is 6.86. The van der Waals surface area contributed by atoms with E-state index >= 15 is 0 Å². The van der Waals surface area contributed by atoms with Gasteiger partial charge in [0.05, 0.1) is 6.04 Å². The van der Waals surface area contributed by atoms with Crippen LogP contribution in [0.25, 0.3) is 0 Å². The number of nitrogens with one attached hydrogen (secondary N) is 2. The first-order valence-corrected chi connectivity index (χ1v) is 8.78. The lowest BCUT2D eigenvalue weighted by Gasteiger charge is -2.36. The molecule has 4 rings (SSSR count). The largest absolute Gasteiger partial charge is 0.338 e. The van der Waals surface area contributed by atoms with E-state index in [1.807, 2.05) is 23.1 Å². The van der Waals surface area contributed by atoms with Gasteiger partial charge in [0.1, 0.15) is 5.82 Å². The fraction of sp³-hybridized carbons (Fsp3) is 0.286. The Kier molecular flexibility index (Phi) is 4.46. The number of terminal acetylenes is 1. The van der Waals surface area contributed by atoms with Crippen molar-refractivity contribution < 1.29 is 9.18 Å². The van der Waals surface area contributed by atoms with Crippen molar-refractivity contribution in [2.24, 2.45) is 5.92 Å². The summed E-state index contributed by atoms with van der Waals surface area (Å²) in [6, 6.07) is 14.1. The highest BCUT2D eigenvalue weighted by Crippen LogP contribution is 2.34. The molecule has 132 valence electrons. The van der Waals surface area contributed by atoms with E-state index in [4.69, 9.17) is 6.42 Å². The summed E-state index contributed by atoms with van der Waals surface area (Å²) >= 11 is 0. The first kappa shape index (κ1) is 16.8. The summed E-state index contributed by atoms with van der Waals surface area (Å²) in [5.41, 5.74) is 8.80. The molecule has 5 heteroatoms. The Morgan fingerprint density at radius 2 is 2.04 bits per heavy atom. The van der Waals surface area contributed by atoms with Crippen molar-refractivity contribution in [2.75, 3.05) is 13.1 Å². The average Bonchev–Trinajstić information content (AvgIpc) is 3.10. The molecule has 2 aromatic carbocycles. The summed E-state index contributed by atoms with van der Waals surface area (Å²) in [5.74, 6) is 2.50. The van der Waals surface area contributed by atoms with E-state index in [2.05, 4.69) is 16.8 Å². The third-order valence-corrected chi connectivity index (χ3v) is 5.28. The van der Waals surface area contributed by atoms with Gasteiger partial charge in [0.25, 0.3) is 5.91 Å². The molecule has 0 radical (unpaired) electrons. The third-order valence-electron chi connectivity index (χ3n) is 5.28. The number of amides is 1. The average molecular weight is 349 g/mol. The number of hydrogen-bond donors (Lipinski definition) is 2. The summed E-state index contributed by atoms with van der Waals surface area (Å²) in [6.07, 6.45) is 6.29. The smallest absolute Gasteiger partial charge is 0.253 e. The van der Waals surface area contributed by atoms with Gasteiger partial charge in [0, 0.05) is 36.2 Å². The van der Waals surface area contributed by atoms with E-state index in [0.717, 1.165) is 12.0 Å². The molecule has 2 aromatic rings. The summed E-state index contributed by atoms with van der Waals surface area (Å²) < 4.78 is 13.6. The monoisotopic (exact) mass is 349 g/mol. The molecule has 2 aliphatic rings.